The van der Waals surface area contributed by atoms with Crippen LogP contribution in [0.2, 0.25) is 0 Å². The summed E-state index contributed by atoms with van der Waals surface area (Å²) in [6.07, 6.45) is 9.70. The molecule has 2 heteroatoms. The third-order valence-corrected chi connectivity index (χ3v) is 4.51. The van der Waals surface area contributed by atoms with Crippen LogP contribution in [0.5, 0.6) is 5.75 Å². The van der Waals surface area contributed by atoms with E-state index in [9.17, 15) is 0 Å². The second-order valence-electron chi connectivity index (χ2n) is 6.98. The van der Waals surface area contributed by atoms with E-state index >= 15 is 0 Å². The molecule has 0 spiro atoms. The molecule has 0 amide bonds. The van der Waals surface area contributed by atoms with E-state index in [-0.39, 0.29) is 5.54 Å². The van der Waals surface area contributed by atoms with Crippen LogP contribution in [0.15, 0.2) is 24.3 Å². The average molecular weight is 297 g/mol. The van der Waals surface area contributed by atoms with Crippen molar-refractivity contribution in [3.63, 3.8) is 0 Å². The minimum absolute atomic E-state index is 0.00576. The van der Waals surface area contributed by atoms with Gasteiger partial charge in [0.05, 0.1) is 17.8 Å². The summed E-state index contributed by atoms with van der Waals surface area (Å²) in [6.45, 7) is 9.42. The van der Waals surface area contributed by atoms with Crippen LogP contribution in [0, 0.1) is 0 Å². The molecule has 0 radical (unpaired) electrons. The van der Waals surface area contributed by atoms with Gasteiger partial charge in [-0.25, -0.2) is 0 Å². The second-order valence-corrected chi connectivity index (χ2v) is 6.98. The van der Waals surface area contributed by atoms with Crippen molar-refractivity contribution in [1.29, 1.82) is 0 Å². The lowest BCUT2D eigenvalue weighted by Crippen LogP contribution is -2.32. The molecule has 1 aliphatic heterocycles. The number of hydrogen-bond acceptors (Lipinski definition) is 2. The van der Waals surface area contributed by atoms with Crippen molar-refractivity contribution in [1.82, 2.24) is 0 Å². The Hall–Kier alpha value is -1.70. The SMILES string of the molecule is CCOc1cc2c(c(C3=CCCCC3)c1)NC(C)(C)C=C2C. The molecule has 2 aliphatic rings. The standard InChI is InChI=1S/C20H27NO/c1-5-22-16-11-17-14(2)13-20(3,4)21-19(17)18(12-16)15-9-7-6-8-10-15/h9,11-13,21H,5-8,10H2,1-4H3. The maximum absolute atomic E-state index is 5.82. The molecule has 0 fully saturated rings. The smallest absolute Gasteiger partial charge is 0.120 e. The molecule has 1 aromatic carbocycles. The highest BCUT2D eigenvalue weighted by Gasteiger charge is 2.26. The predicted octanol–water partition coefficient (Wildman–Crippen LogP) is 5.65. The summed E-state index contributed by atoms with van der Waals surface area (Å²) in [6, 6.07) is 4.40. The molecule has 0 bridgehead atoms. The number of nitrogens with one attached hydrogen (secondary N) is 1. The first-order valence-electron chi connectivity index (χ1n) is 8.48. The van der Waals surface area contributed by atoms with E-state index in [2.05, 4.69) is 50.4 Å². The summed E-state index contributed by atoms with van der Waals surface area (Å²) >= 11 is 0. The molecule has 3 rings (SSSR count). The molecular formula is C20H27NO. The molecule has 1 heterocycles. The molecule has 0 aromatic heterocycles. The summed E-state index contributed by atoms with van der Waals surface area (Å²) < 4.78 is 5.82. The van der Waals surface area contributed by atoms with Crippen molar-refractivity contribution >= 4 is 16.8 Å². The Kier molecular flexibility index (Phi) is 4.03. The van der Waals surface area contributed by atoms with Gasteiger partial charge in [0.2, 0.25) is 0 Å². The maximum atomic E-state index is 5.82. The zero-order chi connectivity index (χ0) is 15.7. The summed E-state index contributed by atoms with van der Waals surface area (Å²) in [5.41, 5.74) is 6.70. The molecule has 118 valence electrons. The number of allylic oxidation sites excluding steroid dienone is 3. The number of fused-ring (bicyclic) bond motifs is 1. The lowest BCUT2D eigenvalue weighted by atomic mass is 9.85. The van der Waals surface area contributed by atoms with Gasteiger partial charge in [-0.2, -0.15) is 0 Å². The Bertz CT molecular complexity index is 637. The highest BCUT2D eigenvalue weighted by molar-refractivity contribution is 5.90. The van der Waals surface area contributed by atoms with Gasteiger partial charge >= 0.3 is 0 Å². The van der Waals surface area contributed by atoms with E-state index in [0.717, 1.165) is 5.75 Å². The first-order chi connectivity index (χ1) is 10.5. The Morgan fingerprint density at radius 2 is 1.95 bits per heavy atom. The van der Waals surface area contributed by atoms with Gasteiger partial charge in [-0.1, -0.05) is 12.2 Å². The minimum Gasteiger partial charge on any atom is -0.494 e. The Labute approximate surface area is 134 Å². The van der Waals surface area contributed by atoms with Crippen LogP contribution in [0.25, 0.3) is 11.1 Å². The third kappa shape index (κ3) is 2.92. The molecule has 0 saturated carbocycles. The molecule has 2 nitrogen and oxygen atoms in total. The van der Waals surface area contributed by atoms with Gasteiger partial charge in [0, 0.05) is 11.1 Å². The van der Waals surface area contributed by atoms with Crippen molar-refractivity contribution in [2.24, 2.45) is 0 Å². The second kappa shape index (κ2) is 5.83. The van der Waals surface area contributed by atoms with Crippen LogP contribution in [-0.2, 0) is 0 Å². The molecule has 0 atom stereocenters. The van der Waals surface area contributed by atoms with Crippen LogP contribution in [0.4, 0.5) is 5.69 Å². The van der Waals surface area contributed by atoms with E-state index in [1.54, 1.807) is 0 Å². The lowest BCUT2D eigenvalue weighted by Gasteiger charge is -2.34. The van der Waals surface area contributed by atoms with E-state index in [1.165, 1.54) is 53.6 Å². The largest absolute Gasteiger partial charge is 0.494 e. The Morgan fingerprint density at radius 3 is 2.64 bits per heavy atom. The van der Waals surface area contributed by atoms with E-state index in [0.29, 0.717) is 6.61 Å². The van der Waals surface area contributed by atoms with E-state index in [1.807, 2.05) is 6.92 Å². The highest BCUT2D eigenvalue weighted by atomic mass is 16.5. The van der Waals surface area contributed by atoms with Crippen molar-refractivity contribution in [3.05, 3.63) is 35.4 Å². The number of rotatable bonds is 3. The van der Waals surface area contributed by atoms with Gasteiger partial charge in [-0.05, 0) is 76.7 Å². The summed E-state index contributed by atoms with van der Waals surface area (Å²) in [5, 5.41) is 3.73. The van der Waals surface area contributed by atoms with Gasteiger partial charge in [0.25, 0.3) is 0 Å². The number of anilines is 1. The van der Waals surface area contributed by atoms with Crippen molar-refractivity contribution in [3.8, 4) is 5.75 Å². The summed E-state index contributed by atoms with van der Waals surface area (Å²) in [4.78, 5) is 0. The molecule has 22 heavy (non-hydrogen) atoms. The van der Waals surface area contributed by atoms with Crippen molar-refractivity contribution in [2.45, 2.75) is 58.9 Å². The van der Waals surface area contributed by atoms with Crippen LogP contribution in [0.1, 0.15) is 64.5 Å². The normalized spacial score (nSPS) is 19.6. The molecule has 1 aromatic rings. The number of benzene rings is 1. The van der Waals surface area contributed by atoms with Gasteiger partial charge in [0.1, 0.15) is 5.75 Å². The maximum Gasteiger partial charge on any atom is 0.120 e. The molecule has 1 N–H and O–H groups in total. The first kappa shape index (κ1) is 15.2. The Morgan fingerprint density at radius 1 is 1.18 bits per heavy atom. The van der Waals surface area contributed by atoms with Crippen molar-refractivity contribution < 1.29 is 4.74 Å². The number of ether oxygens (including phenoxy) is 1. The van der Waals surface area contributed by atoms with Gasteiger partial charge < -0.3 is 10.1 Å². The summed E-state index contributed by atoms with van der Waals surface area (Å²) in [5.74, 6) is 0.983. The van der Waals surface area contributed by atoms with Crippen LogP contribution >= 0.6 is 0 Å². The zero-order valence-corrected chi connectivity index (χ0v) is 14.3. The van der Waals surface area contributed by atoms with Crippen molar-refractivity contribution in [2.75, 3.05) is 11.9 Å². The van der Waals surface area contributed by atoms with Crippen LogP contribution in [0.3, 0.4) is 0 Å². The van der Waals surface area contributed by atoms with E-state index < -0.39 is 0 Å². The Balaban J connectivity index is 2.16. The monoisotopic (exact) mass is 297 g/mol. The fourth-order valence-electron chi connectivity index (χ4n) is 3.62. The van der Waals surface area contributed by atoms with Crippen LogP contribution in [-0.4, -0.2) is 12.1 Å². The quantitative estimate of drug-likeness (QED) is 0.778. The zero-order valence-electron chi connectivity index (χ0n) is 14.3. The third-order valence-electron chi connectivity index (χ3n) is 4.51. The first-order valence-corrected chi connectivity index (χ1v) is 8.48. The number of hydrogen-bond donors (Lipinski definition) is 1. The summed E-state index contributed by atoms with van der Waals surface area (Å²) in [7, 11) is 0. The topological polar surface area (TPSA) is 21.3 Å². The highest BCUT2D eigenvalue weighted by Crippen LogP contribution is 2.43. The van der Waals surface area contributed by atoms with Gasteiger partial charge in [0.15, 0.2) is 0 Å². The van der Waals surface area contributed by atoms with Gasteiger partial charge in [-0.3, -0.25) is 0 Å². The fourth-order valence-corrected chi connectivity index (χ4v) is 3.62. The minimum atomic E-state index is -0.00576. The fraction of sp³-hybridized carbons (Fsp3) is 0.500. The van der Waals surface area contributed by atoms with Gasteiger partial charge in [-0.15, -0.1) is 0 Å². The molecule has 0 unspecified atom stereocenters. The van der Waals surface area contributed by atoms with E-state index in [4.69, 9.17) is 4.74 Å². The predicted molar refractivity (Wildman–Crippen MR) is 95.4 cm³/mol. The molecule has 0 saturated heterocycles. The molecule has 1 aliphatic carbocycles. The lowest BCUT2D eigenvalue weighted by molar-refractivity contribution is 0.340. The average Bonchev–Trinajstić information content (AvgIpc) is 2.48. The van der Waals surface area contributed by atoms with Crippen LogP contribution < -0.4 is 10.1 Å². The molecular weight excluding hydrogens is 270 g/mol.